The fourth-order valence-electron chi connectivity index (χ4n) is 4.23. The van der Waals surface area contributed by atoms with Crippen molar-refractivity contribution in [2.24, 2.45) is 11.8 Å². The maximum Gasteiger partial charge on any atom is 0.338 e. The first-order valence-electron chi connectivity index (χ1n) is 8.96. The zero-order chi connectivity index (χ0) is 18.4. The van der Waals surface area contributed by atoms with Gasteiger partial charge in [-0.3, -0.25) is 4.90 Å². The molecule has 6 atom stereocenters. The molecule has 0 saturated carbocycles. The molecule has 0 spiro atoms. The number of esters is 2. The van der Waals surface area contributed by atoms with Gasteiger partial charge in [-0.25, -0.2) is 9.59 Å². The van der Waals surface area contributed by atoms with E-state index in [2.05, 4.69) is 4.90 Å². The fourth-order valence-corrected chi connectivity index (χ4v) is 4.23. The molecule has 0 radical (unpaired) electrons. The molecule has 25 heavy (non-hydrogen) atoms. The van der Waals surface area contributed by atoms with Crippen LogP contribution in [0.2, 0.25) is 0 Å². The summed E-state index contributed by atoms with van der Waals surface area (Å²) in [5.74, 6) is -2.19. The van der Waals surface area contributed by atoms with Crippen LogP contribution in [0, 0.1) is 11.8 Å². The molecular formula is C18H27NO6. The van der Waals surface area contributed by atoms with Crippen LogP contribution >= 0.6 is 0 Å². The van der Waals surface area contributed by atoms with E-state index in [9.17, 15) is 19.8 Å². The van der Waals surface area contributed by atoms with E-state index in [1.807, 2.05) is 0 Å². The van der Waals surface area contributed by atoms with Crippen LogP contribution in [0.1, 0.15) is 33.6 Å². The normalized spacial score (nSPS) is 44.7. The fraction of sp³-hybridized carbons (Fsp3) is 0.778. The minimum Gasteiger partial charge on any atom is -0.463 e. The molecule has 0 aromatic heterocycles. The summed E-state index contributed by atoms with van der Waals surface area (Å²) in [6.07, 6.45) is 1.49. The summed E-state index contributed by atoms with van der Waals surface area (Å²) in [5, 5.41) is 21.2. The Labute approximate surface area is 147 Å². The number of hydrogen-bond donors (Lipinski definition) is 2. The van der Waals surface area contributed by atoms with Crippen LogP contribution in [0.15, 0.2) is 11.6 Å². The Morgan fingerprint density at radius 3 is 2.64 bits per heavy atom. The highest BCUT2D eigenvalue weighted by molar-refractivity contribution is 5.90. The van der Waals surface area contributed by atoms with Gasteiger partial charge in [-0.05, 0) is 33.2 Å². The third-order valence-corrected chi connectivity index (χ3v) is 6.10. The van der Waals surface area contributed by atoms with Gasteiger partial charge in [-0.15, -0.1) is 0 Å². The molecule has 7 heteroatoms. The lowest BCUT2D eigenvalue weighted by molar-refractivity contribution is -0.176. The van der Waals surface area contributed by atoms with Crippen molar-refractivity contribution >= 4 is 11.9 Å². The minimum atomic E-state index is -1.90. The first-order valence-corrected chi connectivity index (χ1v) is 8.96. The average Bonchev–Trinajstić information content (AvgIpc) is 3.14. The van der Waals surface area contributed by atoms with Crippen molar-refractivity contribution in [3.8, 4) is 0 Å². The van der Waals surface area contributed by atoms with Gasteiger partial charge in [0.2, 0.25) is 0 Å². The van der Waals surface area contributed by atoms with Crippen LogP contribution in [0.5, 0.6) is 0 Å². The number of ether oxygens (including phenoxy) is 2. The highest BCUT2D eigenvalue weighted by Crippen LogP contribution is 2.37. The Kier molecular flexibility index (Phi) is 4.92. The molecule has 0 aromatic carbocycles. The monoisotopic (exact) mass is 353 g/mol. The molecule has 3 fully saturated rings. The molecule has 3 aliphatic heterocycles. The second kappa shape index (κ2) is 6.70. The summed E-state index contributed by atoms with van der Waals surface area (Å²) >= 11 is 0. The van der Waals surface area contributed by atoms with E-state index < -0.39 is 29.6 Å². The minimum absolute atomic E-state index is 0.0220. The molecule has 2 N–H and O–H groups in total. The number of aliphatic hydroxyl groups is 2. The summed E-state index contributed by atoms with van der Waals surface area (Å²) in [4.78, 5) is 27.3. The van der Waals surface area contributed by atoms with E-state index in [1.165, 1.54) is 19.9 Å². The SMILES string of the molecule is C/C=C1\C(=O)O[C@@H]2CCN3CC[C@H](COC(=O)[C@](C)(O)[C@@H](C)[C@H]1O)[C@H]23. The van der Waals surface area contributed by atoms with Crippen molar-refractivity contribution < 1.29 is 29.3 Å². The standard InChI is InChI=1S/C18H27NO6/c1-4-12-15(20)10(2)18(3,23)17(22)24-9-11-5-7-19-8-6-13(14(11)19)25-16(12)21/h4,10-11,13-15,20,23H,5-9H2,1-3H3/b12-4-/t10-,11+,13+,14+,15+,18+/m0/s1. The summed E-state index contributed by atoms with van der Waals surface area (Å²) in [7, 11) is 0. The second-order valence-electron chi connectivity index (χ2n) is 7.53. The number of aliphatic hydroxyl groups excluding tert-OH is 1. The molecular weight excluding hydrogens is 326 g/mol. The summed E-state index contributed by atoms with van der Waals surface area (Å²) in [6, 6.07) is 0.0220. The van der Waals surface area contributed by atoms with Crippen LogP contribution in [0.25, 0.3) is 0 Å². The van der Waals surface area contributed by atoms with Gasteiger partial charge in [0.1, 0.15) is 6.10 Å². The maximum atomic E-state index is 12.6. The number of allylic oxidation sites excluding steroid dienone is 1. The molecule has 0 bridgehead atoms. The molecule has 3 heterocycles. The lowest BCUT2D eigenvalue weighted by Crippen LogP contribution is -2.50. The Morgan fingerprint density at radius 2 is 1.96 bits per heavy atom. The number of carbonyl (C=O) groups excluding carboxylic acids is 2. The van der Waals surface area contributed by atoms with E-state index in [0.29, 0.717) is 0 Å². The van der Waals surface area contributed by atoms with Crippen molar-refractivity contribution in [3.05, 3.63) is 11.6 Å². The van der Waals surface area contributed by atoms with E-state index >= 15 is 0 Å². The summed E-state index contributed by atoms with van der Waals surface area (Å²) < 4.78 is 11.1. The van der Waals surface area contributed by atoms with Gasteiger partial charge in [0, 0.05) is 18.4 Å². The lowest BCUT2D eigenvalue weighted by atomic mass is 9.82. The van der Waals surface area contributed by atoms with Crippen molar-refractivity contribution in [2.75, 3.05) is 19.7 Å². The molecule has 3 aliphatic rings. The van der Waals surface area contributed by atoms with Gasteiger partial charge in [-0.2, -0.15) is 0 Å². The topological polar surface area (TPSA) is 96.3 Å². The molecule has 0 unspecified atom stereocenters. The smallest absolute Gasteiger partial charge is 0.338 e. The Balaban J connectivity index is 1.94. The summed E-state index contributed by atoms with van der Waals surface area (Å²) in [5.41, 5.74) is -1.84. The third-order valence-electron chi connectivity index (χ3n) is 6.10. The predicted molar refractivity (Wildman–Crippen MR) is 88.5 cm³/mol. The molecule has 7 nitrogen and oxygen atoms in total. The number of rotatable bonds is 0. The quantitative estimate of drug-likeness (QED) is 0.476. The highest BCUT2D eigenvalue weighted by Gasteiger charge is 2.49. The van der Waals surface area contributed by atoms with E-state index in [1.54, 1.807) is 6.92 Å². The van der Waals surface area contributed by atoms with Crippen LogP contribution in [-0.4, -0.2) is 70.6 Å². The lowest BCUT2D eigenvalue weighted by Gasteiger charge is -2.34. The molecule has 0 amide bonds. The van der Waals surface area contributed by atoms with Crippen LogP contribution < -0.4 is 0 Å². The van der Waals surface area contributed by atoms with Crippen molar-refractivity contribution in [3.63, 3.8) is 0 Å². The first kappa shape index (κ1) is 18.4. The van der Waals surface area contributed by atoms with Crippen LogP contribution in [-0.2, 0) is 19.1 Å². The van der Waals surface area contributed by atoms with Gasteiger partial charge in [0.25, 0.3) is 0 Å². The van der Waals surface area contributed by atoms with Gasteiger partial charge in [-0.1, -0.05) is 13.0 Å². The molecule has 140 valence electrons. The number of nitrogens with zero attached hydrogens (tertiary/aromatic N) is 1. The Hall–Kier alpha value is -1.44. The maximum absolute atomic E-state index is 12.6. The summed E-state index contributed by atoms with van der Waals surface area (Å²) in [6.45, 7) is 6.37. The van der Waals surface area contributed by atoms with Gasteiger partial charge >= 0.3 is 11.9 Å². The average molecular weight is 353 g/mol. The van der Waals surface area contributed by atoms with Crippen molar-refractivity contribution in [2.45, 2.75) is 57.5 Å². The second-order valence-corrected chi connectivity index (χ2v) is 7.53. The van der Waals surface area contributed by atoms with E-state index in [4.69, 9.17) is 9.47 Å². The van der Waals surface area contributed by atoms with Crippen LogP contribution in [0.3, 0.4) is 0 Å². The van der Waals surface area contributed by atoms with Crippen molar-refractivity contribution in [1.29, 1.82) is 0 Å². The zero-order valence-electron chi connectivity index (χ0n) is 15.0. The van der Waals surface area contributed by atoms with Gasteiger partial charge in [0.05, 0.1) is 24.3 Å². The van der Waals surface area contributed by atoms with Crippen LogP contribution in [0.4, 0.5) is 0 Å². The zero-order valence-corrected chi connectivity index (χ0v) is 15.0. The van der Waals surface area contributed by atoms with Gasteiger partial charge < -0.3 is 19.7 Å². The first-order chi connectivity index (χ1) is 11.8. The third kappa shape index (κ3) is 3.09. The number of cyclic esters (lactones) is 1. The van der Waals surface area contributed by atoms with E-state index in [-0.39, 0.29) is 30.2 Å². The number of hydrogen-bond acceptors (Lipinski definition) is 7. The Morgan fingerprint density at radius 1 is 1.28 bits per heavy atom. The highest BCUT2D eigenvalue weighted by atomic mass is 16.6. The molecule has 3 saturated heterocycles. The number of carbonyl (C=O) groups is 2. The van der Waals surface area contributed by atoms with Gasteiger partial charge in [0.15, 0.2) is 5.60 Å². The largest absolute Gasteiger partial charge is 0.463 e. The Bertz CT molecular complexity index is 586. The van der Waals surface area contributed by atoms with Crippen molar-refractivity contribution in [1.82, 2.24) is 4.90 Å². The van der Waals surface area contributed by atoms with E-state index in [0.717, 1.165) is 25.9 Å². The molecule has 3 rings (SSSR count). The predicted octanol–water partition coefficient (Wildman–Crippen LogP) is 0.244. The molecule has 0 aromatic rings. The molecule has 0 aliphatic carbocycles.